The van der Waals surface area contributed by atoms with Gasteiger partial charge in [-0.15, -0.1) is 23.2 Å². The van der Waals surface area contributed by atoms with Gasteiger partial charge in [0.05, 0.1) is 26.0 Å². The second kappa shape index (κ2) is 11.5. The predicted molar refractivity (Wildman–Crippen MR) is 151 cm³/mol. The Bertz CT molecular complexity index is 1500. The van der Waals surface area contributed by atoms with Crippen LogP contribution >= 0.6 is 69.6 Å². The number of alkyl halides is 2. The van der Waals surface area contributed by atoms with Crippen molar-refractivity contribution < 1.29 is 23.2 Å². The number of ketones is 2. The molecule has 0 unspecified atom stereocenters. The molecule has 1 aliphatic carbocycles. The van der Waals surface area contributed by atoms with Gasteiger partial charge >= 0.3 is 0 Å². The fraction of sp³-hybridized carbons (Fsp3) is 0.222. The van der Waals surface area contributed by atoms with Gasteiger partial charge in [0, 0.05) is 35.6 Å². The molecule has 0 spiro atoms. The van der Waals surface area contributed by atoms with E-state index in [0.29, 0.717) is 5.56 Å². The van der Waals surface area contributed by atoms with Gasteiger partial charge < -0.3 is 5.32 Å². The quantitative estimate of drug-likeness (QED) is 0.150. The minimum Gasteiger partial charge on any atom is -0.326 e. The van der Waals surface area contributed by atoms with Crippen molar-refractivity contribution in [2.45, 2.75) is 30.0 Å². The zero-order valence-electron chi connectivity index (χ0n) is 19.9. The van der Waals surface area contributed by atoms with Crippen molar-refractivity contribution in [1.29, 1.82) is 0 Å². The molecule has 1 aliphatic rings. The van der Waals surface area contributed by atoms with Crippen LogP contribution in [-0.2, 0) is 22.4 Å². The van der Waals surface area contributed by atoms with Crippen LogP contribution in [0.2, 0.25) is 20.1 Å². The second-order valence-electron chi connectivity index (χ2n) is 9.09. The van der Waals surface area contributed by atoms with Gasteiger partial charge in [-0.25, -0.2) is 8.78 Å². The summed E-state index contributed by atoms with van der Waals surface area (Å²) in [4.78, 5) is 37.5. The molecule has 1 saturated carbocycles. The molecule has 1 amide bonds. The van der Waals surface area contributed by atoms with Crippen LogP contribution in [0, 0.1) is 17.6 Å². The number of anilines is 1. The van der Waals surface area contributed by atoms with Gasteiger partial charge in [-0.1, -0.05) is 52.5 Å². The first-order chi connectivity index (χ1) is 18.2. The zero-order valence-corrected chi connectivity index (χ0v) is 24.4. The first-order valence-corrected chi connectivity index (χ1v) is 13.6. The third-order valence-electron chi connectivity index (χ3n) is 6.28. The van der Waals surface area contributed by atoms with Crippen LogP contribution in [0.1, 0.15) is 39.9 Å². The molecule has 0 bridgehead atoms. The molecule has 39 heavy (non-hydrogen) atoms. The highest BCUT2D eigenvalue weighted by molar-refractivity contribution is 6.54. The topological polar surface area (TPSA) is 63.2 Å². The summed E-state index contributed by atoms with van der Waals surface area (Å²) >= 11 is 37.2. The second-order valence-corrected chi connectivity index (χ2v) is 12.1. The Morgan fingerprint density at radius 1 is 0.897 bits per heavy atom. The van der Waals surface area contributed by atoms with Gasteiger partial charge in [-0.2, -0.15) is 0 Å². The first-order valence-electron chi connectivity index (χ1n) is 11.3. The Hall–Kier alpha value is -1.93. The van der Waals surface area contributed by atoms with Crippen molar-refractivity contribution in [1.82, 2.24) is 0 Å². The monoisotopic (exact) mass is 651 g/mol. The molecule has 1 fully saturated rings. The van der Waals surface area contributed by atoms with Gasteiger partial charge in [0.1, 0.15) is 21.8 Å². The number of benzene rings is 3. The van der Waals surface area contributed by atoms with Gasteiger partial charge in [0.25, 0.3) is 0 Å². The number of hydrogen-bond donors (Lipinski definition) is 1. The average molecular weight is 654 g/mol. The SMILES string of the molecule is CC(=O)Cc1ccc(F)c(CC(=O)c2cc(NC(=O)[C@H]3[C@H](c4cc(Cl)c(Cl)c(Cl)c4)C3(Cl)Cl)ccc2Cl)c1F. The highest BCUT2D eigenvalue weighted by Gasteiger charge is 2.67. The minimum atomic E-state index is -1.46. The van der Waals surface area contributed by atoms with E-state index in [9.17, 15) is 23.2 Å². The van der Waals surface area contributed by atoms with E-state index in [1.165, 1.54) is 37.3 Å². The molecule has 3 aromatic carbocycles. The molecule has 0 aliphatic heterocycles. The summed E-state index contributed by atoms with van der Waals surface area (Å²) in [6, 6.07) is 9.31. The summed E-state index contributed by atoms with van der Waals surface area (Å²) in [6.45, 7) is 1.27. The lowest BCUT2D eigenvalue weighted by Crippen LogP contribution is -2.17. The van der Waals surface area contributed by atoms with Gasteiger partial charge in [0.2, 0.25) is 5.91 Å². The molecule has 0 aromatic heterocycles. The van der Waals surface area contributed by atoms with Crippen LogP contribution in [0.15, 0.2) is 42.5 Å². The van der Waals surface area contributed by atoms with Crippen molar-refractivity contribution in [3.05, 3.63) is 96.4 Å². The number of rotatable bonds is 8. The molecule has 1 N–H and O–H groups in total. The first kappa shape index (κ1) is 30.0. The Morgan fingerprint density at radius 2 is 1.54 bits per heavy atom. The molecular weight excluding hydrogens is 637 g/mol. The number of carbonyl (C=O) groups is 3. The molecule has 4 rings (SSSR count). The fourth-order valence-corrected chi connectivity index (χ4v) is 5.99. The highest BCUT2D eigenvalue weighted by atomic mass is 35.5. The number of hydrogen-bond acceptors (Lipinski definition) is 3. The van der Waals surface area contributed by atoms with Crippen molar-refractivity contribution in [2.24, 2.45) is 5.92 Å². The summed E-state index contributed by atoms with van der Waals surface area (Å²) in [5.41, 5.74) is 0.117. The maximum Gasteiger partial charge on any atom is 0.231 e. The summed E-state index contributed by atoms with van der Waals surface area (Å²) in [5, 5.41) is 3.16. The fourth-order valence-electron chi connectivity index (χ4n) is 4.33. The van der Waals surface area contributed by atoms with E-state index in [1.54, 1.807) is 0 Å². The minimum absolute atomic E-state index is 0.0116. The largest absolute Gasteiger partial charge is 0.326 e. The lowest BCUT2D eigenvalue weighted by atomic mass is 9.98. The summed E-state index contributed by atoms with van der Waals surface area (Å²) in [6.07, 6.45) is -0.898. The van der Waals surface area contributed by atoms with E-state index in [0.717, 1.165) is 12.1 Å². The molecule has 0 radical (unpaired) electrons. The van der Waals surface area contributed by atoms with E-state index in [-0.39, 0.29) is 49.1 Å². The number of carbonyl (C=O) groups excluding carboxylic acids is 3. The van der Waals surface area contributed by atoms with Crippen LogP contribution < -0.4 is 5.32 Å². The summed E-state index contributed by atoms with van der Waals surface area (Å²) < 4.78 is 27.8. The zero-order chi connectivity index (χ0) is 28.8. The van der Waals surface area contributed by atoms with Crippen LogP contribution in [0.25, 0.3) is 0 Å². The van der Waals surface area contributed by atoms with Crippen molar-refractivity contribution in [3.8, 4) is 0 Å². The van der Waals surface area contributed by atoms with Gasteiger partial charge in [-0.3, -0.25) is 14.4 Å². The molecule has 3 aromatic rings. The third kappa shape index (κ3) is 6.22. The molecule has 204 valence electrons. The Morgan fingerprint density at radius 3 is 2.15 bits per heavy atom. The number of Topliss-reactive ketones (excluding diaryl/α,β-unsaturated/α-hetero) is 2. The summed E-state index contributed by atoms with van der Waals surface area (Å²) in [5.74, 6) is -5.01. The lowest BCUT2D eigenvalue weighted by molar-refractivity contribution is -0.117. The van der Waals surface area contributed by atoms with Crippen LogP contribution in [0.5, 0.6) is 0 Å². The van der Waals surface area contributed by atoms with E-state index >= 15 is 0 Å². The Kier molecular flexibility index (Phi) is 8.87. The normalized spacial score (nSPS) is 17.6. The van der Waals surface area contributed by atoms with Crippen LogP contribution in [0.3, 0.4) is 0 Å². The van der Waals surface area contributed by atoms with Crippen LogP contribution in [0.4, 0.5) is 14.5 Å². The predicted octanol–water partition coefficient (Wildman–Crippen LogP) is 8.66. The maximum atomic E-state index is 14.9. The van der Waals surface area contributed by atoms with Crippen molar-refractivity contribution in [2.75, 3.05) is 5.32 Å². The molecule has 4 nitrogen and oxygen atoms in total. The molecular formula is C27H17Cl6F2NO3. The molecule has 0 saturated heterocycles. The Balaban J connectivity index is 1.54. The van der Waals surface area contributed by atoms with E-state index in [2.05, 4.69) is 5.32 Å². The number of amides is 1. The number of halogens is 8. The van der Waals surface area contributed by atoms with Gasteiger partial charge in [-0.05, 0) is 54.4 Å². The third-order valence-corrected chi connectivity index (χ3v) is 8.75. The Labute approximate surface area is 252 Å². The highest BCUT2D eigenvalue weighted by Crippen LogP contribution is 2.65. The maximum absolute atomic E-state index is 14.9. The smallest absolute Gasteiger partial charge is 0.231 e. The van der Waals surface area contributed by atoms with Crippen molar-refractivity contribution in [3.63, 3.8) is 0 Å². The van der Waals surface area contributed by atoms with Gasteiger partial charge in [0.15, 0.2) is 5.78 Å². The molecule has 2 atom stereocenters. The molecule has 12 heteroatoms. The van der Waals surface area contributed by atoms with Crippen molar-refractivity contribution >= 4 is 92.8 Å². The standard InChI is InChI=1S/C27H17Cl6F2NO3/c1-11(37)6-12-2-5-20(34)16(25(12)35)10-21(38)15-9-14(3-4-17(15)28)36-26(39)23-22(27(23,32)33)13-7-18(29)24(31)19(30)8-13/h2-5,7-9,22-23H,6,10H2,1H3,(H,36,39)/t22-,23+/m0/s1. The van der Waals surface area contributed by atoms with Crippen LogP contribution in [-0.4, -0.2) is 21.8 Å². The molecule has 0 heterocycles. The lowest BCUT2D eigenvalue weighted by Gasteiger charge is -2.11. The van der Waals surface area contributed by atoms with E-state index < -0.39 is 51.5 Å². The average Bonchev–Trinajstić information content (AvgIpc) is 3.44. The van der Waals surface area contributed by atoms with E-state index in [1.807, 2.05) is 0 Å². The van der Waals surface area contributed by atoms with E-state index in [4.69, 9.17) is 69.6 Å². The summed E-state index contributed by atoms with van der Waals surface area (Å²) in [7, 11) is 0. The number of nitrogens with one attached hydrogen (secondary N) is 1.